The molecule has 5 heteroatoms. The number of halogens is 3. The summed E-state index contributed by atoms with van der Waals surface area (Å²) in [5.74, 6) is 5.04. The zero-order valence-electron chi connectivity index (χ0n) is 38.7. The van der Waals surface area contributed by atoms with Crippen LogP contribution in [0.1, 0.15) is 230 Å². The van der Waals surface area contributed by atoms with E-state index in [1.807, 2.05) is 25.6 Å². The van der Waals surface area contributed by atoms with Crippen LogP contribution in [-0.2, 0) is 0 Å². The van der Waals surface area contributed by atoms with Gasteiger partial charge in [-0.1, -0.05) is 204 Å². The van der Waals surface area contributed by atoms with E-state index in [9.17, 15) is 13.2 Å². The van der Waals surface area contributed by atoms with E-state index in [-0.39, 0.29) is 6.10 Å². The maximum absolute atomic E-state index is 10.8. The molecule has 1 saturated carbocycles. The molecule has 0 aliphatic heterocycles. The molecule has 0 spiro atoms. The minimum Gasteiger partial charge on any atom is -0.394 e. The molecule has 1 fully saturated rings. The van der Waals surface area contributed by atoms with Gasteiger partial charge in [0.15, 0.2) is 0 Å². The number of aliphatic hydroxyl groups is 1. The fourth-order valence-corrected chi connectivity index (χ4v) is 1.14. The number of hydrogen-bond acceptors (Lipinski definition) is 2. The van der Waals surface area contributed by atoms with Gasteiger partial charge in [-0.3, -0.25) is 0 Å². The summed E-state index contributed by atoms with van der Waals surface area (Å²) in [6.45, 7) is 50.1. The smallest absolute Gasteiger partial charge is 0.388 e. The van der Waals surface area contributed by atoms with Crippen LogP contribution in [-0.4, -0.2) is 29.4 Å². The molecule has 0 aromatic heterocycles. The number of unbranched alkanes of at least 4 members (excludes halogenated alkanes) is 1. The summed E-state index contributed by atoms with van der Waals surface area (Å²) >= 11 is 1.90. The van der Waals surface area contributed by atoms with Gasteiger partial charge in [-0.25, -0.2) is 0 Å². The normalized spacial score (nSPS) is 10.7. The van der Waals surface area contributed by atoms with Gasteiger partial charge >= 0.3 is 6.18 Å². The summed E-state index contributed by atoms with van der Waals surface area (Å²) in [7, 11) is 0. The molecular weight excluding hydrogens is 622 g/mol. The van der Waals surface area contributed by atoms with Crippen LogP contribution in [0.3, 0.4) is 0 Å². The van der Waals surface area contributed by atoms with Crippen molar-refractivity contribution in [2.75, 3.05) is 12.0 Å². The van der Waals surface area contributed by atoms with E-state index in [1.165, 1.54) is 63.5 Å². The van der Waals surface area contributed by atoms with Gasteiger partial charge in [-0.05, 0) is 61.4 Å². The van der Waals surface area contributed by atoms with Crippen molar-refractivity contribution in [3.63, 3.8) is 0 Å². The van der Waals surface area contributed by atoms with E-state index < -0.39 is 12.6 Å². The quantitative estimate of drug-likeness (QED) is 0.294. The van der Waals surface area contributed by atoms with Crippen molar-refractivity contribution in [1.29, 1.82) is 0 Å². The lowest BCUT2D eigenvalue weighted by Gasteiger charge is -2.05. The van der Waals surface area contributed by atoms with Crippen molar-refractivity contribution in [2.45, 2.75) is 243 Å². The lowest BCUT2D eigenvalue weighted by atomic mass is 10.0. The average molecular weight is 725 g/mol. The van der Waals surface area contributed by atoms with Gasteiger partial charge in [-0.15, -0.1) is 0 Å². The Morgan fingerprint density at radius 1 is 0.625 bits per heavy atom. The van der Waals surface area contributed by atoms with E-state index in [2.05, 4.69) is 138 Å². The van der Waals surface area contributed by atoms with Crippen LogP contribution in [0.4, 0.5) is 13.2 Å². The Hall–Kier alpha value is 0.100. The van der Waals surface area contributed by atoms with Crippen LogP contribution in [0.2, 0.25) is 0 Å². The minimum atomic E-state index is -3.96. The van der Waals surface area contributed by atoms with Crippen LogP contribution < -0.4 is 0 Å². The molecule has 1 N–H and O–H groups in total. The fourth-order valence-electron chi connectivity index (χ4n) is 0.730. The molecule has 0 unspecified atom stereocenters. The second kappa shape index (κ2) is 65.5. The summed E-state index contributed by atoms with van der Waals surface area (Å²) in [6.07, 6.45) is 9.52. The van der Waals surface area contributed by atoms with Crippen LogP contribution in [0.5, 0.6) is 0 Å². The number of rotatable bonds is 6. The molecule has 0 radical (unpaired) electrons. The molecule has 0 saturated heterocycles. The predicted molar refractivity (Wildman–Crippen MR) is 229 cm³/mol. The first-order valence-electron chi connectivity index (χ1n) is 20.0. The standard InChI is InChI=1S/C5H10.3C5H12.C4H10S.2C4H10.C3H5F3.C3H8O.C3H8.C2H6/c1-2-5-3-4-5;1-5(2,3)4;2*1-4-5(2)3;1-3-4-5-2;1-4(2)3;1-3-4-2;1-2-3(4,5)6;1-3(2)4;1-3-2;1-2/h5H,2-4H2,1H3;1-4H3;2*5H,4H2,1-3H3;3-4H2,1-2H3;4H,1-3H3;3-4H2,1-2H3;2H2,1H3;3-4H,1-2H3;3H2,1-2H3;1-2H3. The molecule has 308 valence electrons. The Morgan fingerprint density at radius 3 is 0.812 bits per heavy atom. The Kier molecular flexibility index (Phi) is 100. The molecule has 0 heterocycles. The van der Waals surface area contributed by atoms with Crippen LogP contribution in [0.25, 0.3) is 0 Å². The van der Waals surface area contributed by atoms with Gasteiger partial charge in [0.2, 0.25) is 0 Å². The van der Waals surface area contributed by atoms with E-state index in [0.29, 0.717) is 5.41 Å². The van der Waals surface area contributed by atoms with Gasteiger partial charge in [0.25, 0.3) is 0 Å². The van der Waals surface area contributed by atoms with Crippen molar-refractivity contribution in [3.05, 3.63) is 0 Å². The highest BCUT2D eigenvalue weighted by molar-refractivity contribution is 7.98. The van der Waals surface area contributed by atoms with E-state index in [1.54, 1.807) is 13.8 Å². The third-order valence-corrected chi connectivity index (χ3v) is 5.03. The van der Waals surface area contributed by atoms with Gasteiger partial charge in [-0.2, -0.15) is 24.9 Å². The van der Waals surface area contributed by atoms with E-state index in [0.717, 1.165) is 30.6 Å². The average Bonchev–Trinajstić information content (AvgIpc) is 3.80. The van der Waals surface area contributed by atoms with Crippen molar-refractivity contribution in [2.24, 2.45) is 29.1 Å². The summed E-state index contributed by atoms with van der Waals surface area (Å²) < 4.78 is 32.4. The second-order valence-corrected chi connectivity index (χ2v) is 15.9. The highest BCUT2D eigenvalue weighted by Gasteiger charge is 2.22. The minimum absolute atomic E-state index is 0.167. The van der Waals surface area contributed by atoms with Crippen LogP contribution in [0.15, 0.2) is 0 Å². The Balaban J connectivity index is -0.0000000417. The van der Waals surface area contributed by atoms with Gasteiger partial charge < -0.3 is 5.11 Å². The molecule has 1 nitrogen and oxygen atoms in total. The van der Waals surface area contributed by atoms with Gasteiger partial charge in [0, 0.05) is 12.5 Å². The van der Waals surface area contributed by atoms with E-state index >= 15 is 0 Å². The molecule has 1 aliphatic carbocycles. The molecule has 0 bridgehead atoms. The largest absolute Gasteiger partial charge is 0.394 e. The number of hydrogen-bond donors (Lipinski definition) is 1. The third-order valence-electron chi connectivity index (χ3n) is 4.22. The Bertz CT molecular complexity index is 379. The summed E-state index contributed by atoms with van der Waals surface area (Å²) in [6, 6.07) is 0. The first kappa shape index (κ1) is 73.5. The lowest BCUT2D eigenvalue weighted by Crippen LogP contribution is -2.02. The first-order valence-corrected chi connectivity index (χ1v) is 21.4. The molecule has 0 aromatic carbocycles. The highest BCUT2D eigenvalue weighted by atomic mass is 32.2. The van der Waals surface area contributed by atoms with Crippen LogP contribution in [0, 0.1) is 29.1 Å². The summed E-state index contributed by atoms with van der Waals surface area (Å²) in [4.78, 5) is 0. The molecule has 0 aromatic rings. The highest BCUT2D eigenvalue weighted by Crippen LogP contribution is 2.31. The maximum Gasteiger partial charge on any atom is 0.388 e. The molecule has 48 heavy (non-hydrogen) atoms. The first-order chi connectivity index (χ1) is 21.7. The third kappa shape index (κ3) is 411. The molecule has 0 amide bonds. The topological polar surface area (TPSA) is 20.2 Å². The van der Waals surface area contributed by atoms with Gasteiger partial charge in [0.1, 0.15) is 0 Å². The lowest BCUT2D eigenvalue weighted by molar-refractivity contribution is -0.130. The summed E-state index contributed by atoms with van der Waals surface area (Å²) in [5, 5.41) is 8.06. The second-order valence-electron chi connectivity index (χ2n) is 15.0. The maximum atomic E-state index is 10.8. The molecule has 1 aliphatic rings. The van der Waals surface area contributed by atoms with Crippen molar-refractivity contribution in [3.8, 4) is 0 Å². The SMILES string of the molecule is CC.CC(C)(C)C.CC(C)C.CC(C)O.CCC.CCC(C)C.CCC(C)C.CCC(F)(F)F.CCC1CC1.CCCC.CCCSC. The fraction of sp³-hybridized carbons (Fsp3) is 1.00. The van der Waals surface area contributed by atoms with Crippen LogP contribution >= 0.6 is 11.8 Å². The number of aliphatic hydroxyl groups excluding tert-OH is 1. The zero-order chi connectivity index (χ0) is 41.4. The molecule has 0 atom stereocenters. The van der Waals surface area contributed by atoms with Crippen molar-refractivity contribution < 1.29 is 18.3 Å². The summed E-state index contributed by atoms with van der Waals surface area (Å²) in [5.41, 5.74) is 0.500. The van der Waals surface area contributed by atoms with Crippen molar-refractivity contribution >= 4 is 11.8 Å². The molecular formula is C43H103F3OS. The molecule has 1 rings (SSSR count). The van der Waals surface area contributed by atoms with Crippen molar-refractivity contribution in [1.82, 2.24) is 0 Å². The monoisotopic (exact) mass is 725 g/mol. The number of alkyl halides is 3. The Labute approximate surface area is 313 Å². The van der Waals surface area contributed by atoms with Gasteiger partial charge in [0.05, 0.1) is 0 Å². The zero-order valence-corrected chi connectivity index (χ0v) is 39.5. The van der Waals surface area contributed by atoms with E-state index in [4.69, 9.17) is 5.11 Å². The predicted octanol–water partition coefficient (Wildman–Crippen LogP) is 18.0. The number of thioether (sulfide) groups is 1. The Morgan fingerprint density at radius 2 is 0.812 bits per heavy atom.